The normalized spacial score (nSPS) is 21.2. The summed E-state index contributed by atoms with van der Waals surface area (Å²) >= 11 is 0. The zero-order valence-electron chi connectivity index (χ0n) is 7.43. The van der Waals surface area contributed by atoms with Crippen molar-refractivity contribution < 1.29 is 9.47 Å². The van der Waals surface area contributed by atoms with Gasteiger partial charge in [-0.15, -0.1) is 0 Å². The van der Waals surface area contributed by atoms with Gasteiger partial charge in [0, 0.05) is 12.8 Å². The molecule has 0 N–H and O–H groups in total. The van der Waals surface area contributed by atoms with Crippen LogP contribution in [0, 0.1) is 0 Å². The lowest BCUT2D eigenvalue weighted by atomic mass is 9.99. The molecule has 0 aromatic heterocycles. The quantitative estimate of drug-likeness (QED) is 0.587. The maximum Gasteiger partial charge on any atom is 0.230 e. The predicted molar refractivity (Wildman–Crippen MR) is 46.3 cm³/mol. The van der Waals surface area contributed by atoms with E-state index in [1.165, 1.54) is 18.4 Å². The zero-order chi connectivity index (χ0) is 8.39. The Balaban J connectivity index is 2.00. The molecule has 2 nitrogen and oxygen atoms in total. The average molecular weight is 166 g/mol. The predicted octanol–water partition coefficient (Wildman–Crippen LogP) is 2.72. The minimum absolute atomic E-state index is 0.428. The highest BCUT2D eigenvalue weighted by molar-refractivity contribution is 5.23. The molecule has 0 atom stereocenters. The molecule has 66 valence electrons. The summed E-state index contributed by atoms with van der Waals surface area (Å²) in [6.07, 6.45) is 6.60. The summed E-state index contributed by atoms with van der Waals surface area (Å²) in [7, 11) is 0. The first-order valence-corrected chi connectivity index (χ1v) is 4.55. The lowest BCUT2D eigenvalue weighted by Crippen LogP contribution is -1.96. The maximum atomic E-state index is 5.35. The molecule has 2 rings (SSSR count). The largest absolute Gasteiger partial charge is 0.458 e. The molecule has 0 unspecified atom stereocenters. The second-order valence-corrected chi connectivity index (χ2v) is 3.25. The van der Waals surface area contributed by atoms with E-state index < -0.39 is 0 Å². The van der Waals surface area contributed by atoms with Crippen LogP contribution < -0.4 is 0 Å². The Morgan fingerprint density at radius 3 is 3.00 bits per heavy atom. The van der Waals surface area contributed by atoms with Gasteiger partial charge in [-0.05, 0) is 6.42 Å². The number of hydrogen-bond acceptors (Lipinski definition) is 2. The second-order valence-electron chi connectivity index (χ2n) is 3.25. The van der Waals surface area contributed by atoms with Crippen molar-refractivity contribution in [1.82, 2.24) is 0 Å². The van der Waals surface area contributed by atoms with E-state index >= 15 is 0 Å². The van der Waals surface area contributed by atoms with E-state index in [0.717, 1.165) is 24.4 Å². The molecule has 0 saturated carbocycles. The van der Waals surface area contributed by atoms with Crippen molar-refractivity contribution in [3.8, 4) is 0 Å². The third-order valence-electron chi connectivity index (χ3n) is 2.31. The fourth-order valence-electron chi connectivity index (χ4n) is 1.68. The van der Waals surface area contributed by atoms with Gasteiger partial charge in [-0.3, -0.25) is 0 Å². The van der Waals surface area contributed by atoms with Crippen molar-refractivity contribution >= 4 is 0 Å². The van der Waals surface area contributed by atoms with Gasteiger partial charge < -0.3 is 9.47 Å². The molecule has 0 amide bonds. The summed E-state index contributed by atoms with van der Waals surface area (Å²) in [5.41, 5.74) is 1.50. The topological polar surface area (TPSA) is 18.5 Å². The number of hydrogen-bond donors (Lipinski definition) is 0. The minimum atomic E-state index is 0.428. The van der Waals surface area contributed by atoms with Gasteiger partial charge in [0.2, 0.25) is 6.79 Å². The average Bonchev–Trinajstić information content (AvgIpc) is 2.51. The van der Waals surface area contributed by atoms with Gasteiger partial charge in [0.25, 0.3) is 0 Å². The Morgan fingerprint density at radius 1 is 1.33 bits per heavy atom. The number of ether oxygens (including phenoxy) is 2. The number of allylic oxidation sites excluding steroid dienone is 2. The van der Waals surface area contributed by atoms with E-state index in [0.29, 0.717) is 6.79 Å². The van der Waals surface area contributed by atoms with Gasteiger partial charge in [-0.25, -0.2) is 0 Å². The van der Waals surface area contributed by atoms with E-state index in [4.69, 9.17) is 9.47 Å². The Bertz CT molecular complexity index is 238. The molecule has 1 aliphatic carbocycles. The zero-order valence-corrected chi connectivity index (χ0v) is 7.43. The molecule has 0 aromatic carbocycles. The molecule has 0 fully saturated rings. The lowest BCUT2D eigenvalue weighted by Gasteiger charge is -2.11. The van der Waals surface area contributed by atoms with Gasteiger partial charge in [0.1, 0.15) is 11.5 Å². The van der Waals surface area contributed by atoms with Gasteiger partial charge in [0.05, 0.1) is 0 Å². The van der Waals surface area contributed by atoms with Crippen molar-refractivity contribution in [3.63, 3.8) is 0 Å². The van der Waals surface area contributed by atoms with E-state index in [-0.39, 0.29) is 0 Å². The molecule has 0 aromatic rings. The maximum absolute atomic E-state index is 5.35. The van der Waals surface area contributed by atoms with Gasteiger partial charge in [-0.2, -0.15) is 0 Å². The van der Waals surface area contributed by atoms with Crippen molar-refractivity contribution in [1.29, 1.82) is 0 Å². The number of rotatable bonds is 2. The van der Waals surface area contributed by atoms with Gasteiger partial charge >= 0.3 is 0 Å². The highest BCUT2D eigenvalue weighted by Crippen LogP contribution is 2.31. The summed E-state index contributed by atoms with van der Waals surface area (Å²) in [5.74, 6) is 2.12. The van der Waals surface area contributed by atoms with Crippen LogP contribution in [-0.4, -0.2) is 6.79 Å². The Hall–Kier alpha value is -0.920. The molecule has 0 spiro atoms. The lowest BCUT2D eigenvalue weighted by molar-refractivity contribution is 0.0697. The van der Waals surface area contributed by atoms with Crippen LogP contribution in [0.2, 0.25) is 0 Å². The first-order chi connectivity index (χ1) is 5.90. The van der Waals surface area contributed by atoms with Crippen molar-refractivity contribution in [2.45, 2.75) is 32.6 Å². The molecular weight excluding hydrogens is 152 g/mol. The van der Waals surface area contributed by atoms with Crippen LogP contribution in [0.4, 0.5) is 0 Å². The van der Waals surface area contributed by atoms with Gasteiger partial charge in [-0.1, -0.05) is 25.0 Å². The third-order valence-corrected chi connectivity index (χ3v) is 2.31. The molecular formula is C10H14O2. The highest BCUT2D eigenvalue weighted by Gasteiger charge is 2.21. The summed E-state index contributed by atoms with van der Waals surface area (Å²) in [4.78, 5) is 0. The van der Waals surface area contributed by atoms with Crippen molar-refractivity contribution in [3.05, 3.63) is 23.2 Å². The summed E-state index contributed by atoms with van der Waals surface area (Å²) in [5, 5.41) is 0. The third kappa shape index (κ3) is 1.33. The van der Waals surface area contributed by atoms with Crippen LogP contribution in [0.1, 0.15) is 32.6 Å². The van der Waals surface area contributed by atoms with Crippen LogP contribution in [0.15, 0.2) is 23.2 Å². The molecule has 1 aliphatic heterocycles. The molecule has 1 heterocycles. The van der Waals surface area contributed by atoms with Gasteiger partial charge in [0.15, 0.2) is 0 Å². The molecule has 2 heteroatoms. The van der Waals surface area contributed by atoms with Crippen molar-refractivity contribution in [2.24, 2.45) is 0 Å². The Kier molecular flexibility index (Phi) is 2.07. The first-order valence-electron chi connectivity index (χ1n) is 4.55. The van der Waals surface area contributed by atoms with E-state index in [1.54, 1.807) is 0 Å². The summed E-state index contributed by atoms with van der Waals surface area (Å²) < 4.78 is 10.6. The van der Waals surface area contributed by atoms with E-state index in [2.05, 4.69) is 13.0 Å². The standard InChI is InChI=1S/C10H14O2/c1-2-3-8-4-5-9-10(6-8)12-7-11-9/h4H,2-3,5-7H2,1H3. The van der Waals surface area contributed by atoms with E-state index in [1.807, 2.05) is 0 Å². The highest BCUT2D eigenvalue weighted by atomic mass is 16.7. The minimum Gasteiger partial charge on any atom is -0.458 e. The summed E-state index contributed by atoms with van der Waals surface area (Å²) in [6.45, 7) is 2.63. The Labute approximate surface area is 72.9 Å². The van der Waals surface area contributed by atoms with Crippen LogP contribution in [0.5, 0.6) is 0 Å². The van der Waals surface area contributed by atoms with E-state index in [9.17, 15) is 0 Å². The molecule has 2 aliphatic rings. The van der Waals surface area contributed by atoms with Crippen molar-refractivity contribution in [2.75, 3.05) is 6.79 Å². The monoisotopic (exact) mass is 166 g/mol. The Morgan fingerprint density at radius 2 is 2.17 bits per heavy atom. The molecule has 12 heavy (non-hydrogen) atoms. The SMILES string of the molecule is CCCC1=CCC2=C(C1)OCO2. The fraction of sp³-hybridized carbons (Fsp3) is 0.600. The van der Waals surface area contributed by atoms with Crippen LogP contribution in [0.3, 0.4) is 0 Å². The van der Waals surface area contributed by atoms with Crippen LogP contribution in [0.25, 0.3) is 0 Å². The molecule has 0 radical (unpaired) electrons. The second kappa shape index (κ2) is 3.21. The smallest absolute Gasteiger partial charge is 0.230 e. The van der Waals surface area contributed by atoms with Crippen LogP contribution in [-0.2, 0) is 9.47 Å². The fourth-order valence-corrected chi connectivity index (χ4v) is 1.68. The molecule has 0 saturated heterocycles. The summed E-state index contributed by atoms with van der Waals surface area (Å²) in [6, 6.07) is 0. The van der Waals surface area contributed by atoms with Crippen LogP contribution >= 0.6 is 0 Å². The first kappa shape index (κ1) is 7.71. The molecule has 0 bridgehead atoms.